The monoisotopic (exact) mass is 432 g/mol. The van der Waals surface area contributed by atoms with Gasteiger partial charge in [-0.15, -0.1) is 5.10 Å². The maximum Gasteiger partial charge on any atom is 0.490 e. The third kappa shape index (κ3) is 6.58. The fourth-order valence-corrected chi connectivity index (χ4v) is 2.14. The lowest BCUT2D eigenvalue weighted by molar-refractivity contribution is -0.254. The molecule has 6 atom stereocenters. The summed E-state index contributed by atoms with van der Waals surface area (Å²) in [5, 5.41) is 61.7. The number of nitrogens with zero attached hydrogens (tertiary/aromatic N) is 3. The summed E-state index contributed by atoms with van der Waals surface area (Å²) in [7, 11) is 0. The molecule has 0 aliphatic carbocycles. The first-order valence-electron chi connectivity index (χ1n) is 7.79. The van der Waals surface area contributed by atoms with Crippen LogP contribution in [0.1, 0.15) is 11.9 Å². The predicted octanol–water partition coefficient (Wildman–Crippen LogP) is -3.16. The molecule has 29 heavy (non-hydrogen) atoms. The van der Waals surface area contributed by atoms with Gasteiger partial charge >= 0.3 is 18.1 Å². The lowest BCUT2D eigenvalue weighted by Crippen LogP contribution is -2.56. The molecule has 2 rings (SSSR count). The maximum absolute atomic E-state index is 10.7. The molecule has 1 aliphatic rings. The highest BCUT2D eigenvalue weighted by atomic mass is 19.4. The number of carbonyl (C=O) groups is 2. The number of aliphatic hydroxyl groups is 4. The molecule has 1 aliphatic heterocycles. The molecular weight excluding hydrogens is 413 g/mol. The Morgan fingerprint density at radius 3 is 2.21 bits per heavy atom. The molecule has 8 N–H and O–H groups in total. The smallest absolute Gasteiger partial charge is 0.480 e. The number of halogens is 3. The minimum Gasteiger partial charge on any atom is -0.480 e. The number of rotatable bonds is 5. The van der Waals surface area contributed by atoms with Gasteiger partial charge < -0.3 is 41.1 Å². The van der Waals surface area contributed by atoms with Crippen molar-refractivity contribution in [1.82, 2.24) is 15.0 Å². The van der Waals surface area contributed by atoms with E-state index in [1.165, 1.54) is 6.20 Å². The van der Waals surface area contributed by atoms with Gasteiger partial charge in [0.05, 0.1) is 18.5 Å². The van der Waals surface area contributed by atoms with Crippen molar-refractivity contribution in [2.75, 3.05) is 6.61 Å². The molecule has 0 aromatic carbocycles. The first-order valence-corrected chi connectivity index (χ1v) is 7.79. The zero-order valence-electron chi connectivity index (χ0n) is 14.4. The number of carboxylic acids is 2. The van der Waals surface area contributed by atoms with Crippen LogP contribution in [-0.4, -0.2) is 101 Å². The third-order valence-electron chi connectivity index (χ3n) is 3.67. The number of ether oxygens (including phenoxy) is 1. The van der Waals surface area contributed by atoms with Gasteiger partial charge in [0.25, 0.3) is 0 Å². The molecular formula is C13H19F3N4O9. The molecule has 0 bridgehead atoms. The van der Waals surface area contributed by atoms with E-state index in [1.807, 2.05) is 0 Å². The van der Waals surface area contributed by atoms with Crippen molar-refractivity contribution in [2.24, 2.45) is 5.73 Å². The fourth-order valence-electron chi connectivity index (χ4n) is 2.14. The molecule has 1 saturated heterocycles. The highest BCUT2D eigenvalue weighted by molar-refractivity contribution is 5.73. The van der Waals surface area contributed by atoms with Gasteiger partial charge in [-0.25, -0.2) is 9.48 Å². The largest absolute Gasteiger partial charge is 0.490 e. The first kappa shape index (κ1) is 24.7. The Morgan fingerprint density at radius 2 is 1.76 bits per heavy atom. The second-order valence-electron chi connectivity index (χ2n) is 5.86. The second-order valence-corrected chi connectivity index (χ2v) is 5.86. The normalized spacial score (nSPS) is 28.2. The summed E-state index contributed by atoms with van der Waals surface area (Å²) in [5.41, 5.74) is 5.64. The number of aliphatic carboxylic acids is 2. The topological polar surface area (TPSA) is 221 Å². The summed E-state index contributed by atoms with van der Waals surface area (Å²) in [5.74, 6) is -3.95. The zero-order valence-corrected chi connectivity index (χ0v) is 14.4. The van der Waals surface area contributed by atoms with Crippen molar-refractivity contribution >= 4 is 11.9 Å². The van der Waals surface area contributed by atoms with Crippen molar-refractivity contribution in [1.29, 1.82) is 0 Å². The Labute approximate surface area is 159 Å². The van der Waals surface area contributed by atoms with E-state index >= 15 is 0 Å². The Hall–Kier alpha value is -2.37. The molecule has 13 nitrogen and oxygen atoms in total. The Bertz CT molecular complexity index is 699. The minimum absolute atomic E-state index is 0.0766. The van der Waals surface area contributed by atoms with E-state index in [9.17, 15) is 33.3 Å². The van der Waals surface area contributed by atoms with E-state index in [0.29, 0.717) is 0 Å². The van der Waals surface area contributed by atoms with Crippen LogP contribution in [-0.2, 0) is 20.7 Å². The van der Waals surface area contributed by atoms with Gasteiger partial charge in [0.1, 0.15) is 30.5 Å². The number of hydrogen-bond acceptors (Lipinski definition) is 10. The van der Waals surface area contributed by atoms with Gasteiger partial charge in [-0.1, -0.05) is 5.21 Å². The van der Waals surface area contributed by atoms with Crippen LogP contribution in [0.5, 0.6) is 0 Å². The summed E-state index contributed by atoms with van der Waals surface area (Å²) in [6.07, 6.45) is -10.6. The van der Waals surface area contributed by atoms with Gasteiger partial charge in [-0.2, -0.15) is 13.2 Å². The number of aromatic nitrogens is 3. The summed E-state index contributed by atoms with van der Waals surface area (Å²) in [6.45, 7) is -0.563. The van der Waals surface area contributed by atoms with Crippen LogP contribution in [0, 0.1) is 0 Å². The molecule has 2 heterocycles. The van der Waals surface area contributed by atoms with Gasteiger partial charge in [-0.3, -0.25) is 4.79 Å². The van der Waals surface area contributed by atoms with Crippen LogP contribution in [0.4, 0.5) is 13.2 Å². The van der Waals surface area contributed by atoms with Crippen molar-refractivity contribution < 1.29 is 58.1 Å². The number of nitrogens with two attached hydrogens (primary N) is 1. The van der Waals surface area contributed by atoms with Crippen LogP contribution in [0.3, 0.4) is 0 Å². The van der Waals surface area contributed by atoms with Gasteiger partial charge in [0.15, 0.2) is 6.23 Å². The van der Waals surface area contributed by atoms with Crippen molar-refractivity contribution in [2.45, 2.75) is 49.3 Å². The average Bonchev–Trinajstić information content (AvgIpc) is 3.07. The quantitative estimate of drug-likeness (QED) is 0.245. The van der Waals surface area contributed by atoms with E-state index < -0.39 is 61.4 Å². The standard InChI is InChI=1S/C11H18N4O7.C2HF3O2/c12-5(11(20)21)1-4-2-15(14-13-4)10-9(19)8(18)7(17)6(3-16)22-10;3-2(4,5)1(6)7/h2,5-10,16-19H,1,3,12H2,(H,20,21);(H,6,7)/t5?,6-,7+,8+,9-,10-;/m1./s1. The molecule has 1 unspecified atom stereocenters. The van der Waals surface area contributed by atoms with E-state index in [0.717, 1.165) is 4.68 Å². The molecule has 1 fully saturated rings. The summed E-state index contributed by atoms with van der Waals surface area (Å²) < 4.78 is 38.1. The fraction of sp³-hybridized carbons (Fsp3) is 0.692. The van der Waals surface area contributed by atoms with Crippen molar-refractivity contribution in [3.8, 4) is 0 Å². The zero-order chi connectivity index (χ0) is 22.5. The van der Waals surface area contributed by atoms with Crippen LogP contribution >= 0.6 is 0 Å². The Morgan fingerprint density at radius 1 is 1.21 bits per heavy atom. The highest BCUT2D eigenvalue weighted by Gasteiger charge is 2.44. The second kappa shape index (κ2) is 9.90. The van der Waals surface area contributed by atoms with Crippen molar-refractivity contribution in [3.05, 3.63) is 11.9 Å². The first-order chi connectivity index (χ1) is 13.3. The SMILES string of the molecule is NC(Cc1cn([C@@H]2O[C@H](CO)[C@H](O)[C@H](O)[C@H]2O)nn1)C(=O)O.O=C(O)C(F)(F)F. The van der Waals surface area contributed by atoms with Crippen LogP contribution in [0.25, 0.3) is 0 Å². The maximum atomic E-state index is 10.7. The Balaban J connectivity index is 0.000000516. The summed E-state index contributed by atoms with van der Waals surface area (Å²) >= 11 is 0. The van der Waals surface area contributed by atoms with Gasteiger partial charge in [0, 0.05) is 6.42 Å². The molecule has 166 valence electrons. The van der Waals surface area contributed by atoms with Crippen LogP contribution in [0.15, 0.2) is 6.20 Å². The van der Waals surface area contributed by atoms with E-state index in [1.54, 1.807) is 0 Å². The summed E-state index contributed by atoms with van der Waals surface area (Å²) in [4.78, 5) is 19.6. The number of carboxylic acid groups (broad SMARTS) is 2. The van der Waals surface area contributed by atoms with E-state index in [-0.39, 0.29) is 12.1 Å². The lowest BCUT2D eigenvalue weighted by atomic mass is 9.98. The van der Waals surface area contributed by atoms with E-state index in [2.05, 4.69) is 10.3 Å². The predicted molar refractivity (Wildman–Crippen MR) is 82.0 cm³/mol. The lowest BCUT2D eigenvalue weighted by Gasteiger charge is -2.39. The molecule has 0 amide bonds. The highest BCUT2D eigenvalue weighted by Crippen LogP contribution is 2.27. The molecule has 0 radical (unpaired) electrons. The molecule has 1 aromatic heterocycles. The molecule has 0 saturated carbocycles. The van der Waals surface area contributed by atoms with Crippen molar-refractivity contribution in [3.63, 3.8) is 0 Å². The number of aliphatic hydroxyl groups excluding tert-OH is 4. The Kier molecular flexibility index (Phi) is 8.42. The van der Waals surface area contributed by atoms with Gasteiger partial charge in [-0.05, 0) is 0 Å². The van der Waals surface area contributed by atoms with Crippen LogP contribution < -0.4 is 5.73 Å². The third-order valence-corrected chi connectivity index (χ3v) is 3.67. The number of hydrogen-bond donors (Lipinski definition) is 7. The molecule has 1 aromatic rings. The van der Waals surface area contributed by atoms with E-state index in [4.69, 9.17) is 30.6 Å². The minimum atomic E-state index is -5.08. The summed E-state index contributed by atoms with van der Waals surface area (Å²) in [6, 6.07) is -1.15. The van der Waals surface area contributed by atoms with Gasteiger partial charge in [0.2, 0.25) is 0 Å². The molecule has 0 spiro atoms. The number of alkyl halides is 3. The molecule has 16 heteroatoms. The van der Waals surface area contributed by atoms with Crippen LogP contribution in [0.2, 0.25) is 0 Å². The average molecular weight is 432 g/mol.